The minimum Gasteiger partial charge on any atom is -0.323 e. The monoisotopic (exact) mass is 409 g/mol. The van der Waals surface area contributed by atoms with Crippen LogP contribution in [0.25, 0.3) is 0 Å². The first-order chi connectivity index (χ1) is 14.2. The SMILES string of the molecule is C=CC(=O)Nc1ccc(S(=CC)N2CCN(CCCc3ccccc3)CC2)cc1. The second kappa shape index (κ2) is 11.1. The van der Waals surface area contributed by atoms with E-state index in [0.29, 0.717) is 0 Å². The number of nitrogens with zero attached hydrogens (tertiary/aromatic N) is 2. The lowest BCUT2D eigenvalue weighted by Crippen LogP contribution is -2.44. The zero-order chi connectivity index (χ0) is 20.5. The maximum absolute atomic E-state index is 11.4. The summed E-state index contributed by atoms with van der Waals surface area (Å²) in [7, 11) is -0.00557. The normalized spacial score (nSPS) is 16.4. The van der Waals surface area contributed by atoms with Crippen LogP contribution in [-0.2, 0) is 11.2 Å². The number of benzene rings is 2. The van der Waals surface area contributed by atoms with Gasteiger partial charge in [0.25, 0.3) is 0 Å². The van der Waals surface area contributed by atoms with Crippen LogP contribution in [0.1, 0.15) is 18.9 Å². The number of nitrogens with one attached hydrogen (secondary N) is 1. The standard InChI is InChI=1S/C24H31N3OS/c1-3-24(28)25-22-12-14-23(15-13-22)29(4-2)27-19-17-26(18-20-27)16-8-11-21-9-6-5-7-10-21/h3-7,9-10,12-15H,1,8,11,16-20H2,2H3,(H,25,28). The molecule has 0 aromatic heterocycles. The van der Waals surface area contributed by atoms with Gasteiger partial charge in [0, 0.05) is 36.8 Å². The van der Waals surface area contributed by atoms with E-state index in [1.165, 1.54) is 29.5 Å². The quantitative estimate of drug-likeness (QED) is 0.518. The maximum atomic E-state index is 11.4. The molecule has 3 rings (SSSR count). The number of amides is 1. The lowest BCUT2D eigenvalue weighted by molar-refractivity contribution is -0.111. The third-order valence-electron chi connectivity index (χ3n) is 5.16. The fourth-order valence-corrected chi connectivity index (χ4v) is 5.45. The first kappa shape index (κ1) is 21.5. The van der Waals surface area contributed by atoms with Crippen LogP contribution in [0.15, 0.2) is 72.1 Å². The smallest absolute Gasteiger partial charge is 0.247 e. The van der Waals surface area contributed by atoms with Crippen LogP contribution >= 0.6 is 10.7 Å². The molecule has 0 radical (unpaired) electrons. The van der Waals surface area contributed by atoms with Crippen molar-refractivity contribution in [2.45, 2.75) is 24.7 Å². The van der Waals surface area contributed by atoms with Crippen molar-refractivity contribution in [3.63, 3.8) is 0 Å². The number of carbonyl (C=O) groups excluding carboxylic acids is 1. The number of anilines is 1. The predicted octanol–water partition coefficient (Wildman–Crippen LogP) is 4.43. The van der Waals surface area contributed by atoms with E-state index in [-0.39, 0.29) is 16.6 Å². The molecule has 0 aliphatic carbocycles. The van der Waals surface area contributed by atoms with Crippen molar-refractivity contribution in [1.82, 2.24) is 9.21 Å². The molecule has 1 N–H and O–H groups in total. The van der Waals surface area contributed by atoms with Gasteiger partial charge < -0.3 is 10.2 Å². The zero-order valence-corrected chi connectivity index (χ0v) is 18.0. The fourth-order valence-electron chi connectivity index (χ4n) is 3.61. The van der Waals surface area contributed by atoms with Crippen LogP contribution in [0, 0.1) is 0 Å². The molecule has 1 unspecified atom stereocenters. The Kier molecular flexibility index (Phi) is 8.23. The molecular weight excluding hydrogens is 378 g/mol. The maximum Gasteiger partial charge on any atom is 0.247 e. The average molecular weight is 410 g/mol. The van der Waals surface area contributed by atoms with Crippen LogP contribution in [-0.4, -0.2) is 53.2 Å². The van der Waals surface area contributed by atoms with Crippen molar-refractivity contribution < 1.29 is 4.79 Å². The molecule has 5 heteroatoms. The highest BCUT2D eigenvalue weighted by molar-refractivity contribution is 8.13. The van der Waals surface area contributed by atoms with E-state index < -0.39 is 0 Å². The first-order valence-electron chi connectivity index (χ1n) is 10.3. The third kappa shape index (κ3) is 6.39. The first-order valence-corrected chi connectivity index (χ1v) is 11.5. The fraction of sp³-hybridized carbons (Fsp3) is 0.333. The van der Waals surface area contributed by atoms with Gasteiger partial charge in [0.1, 0.15) is 0 Å². The summed E-state index contributed by atoms with van der Waals surface area (Å²) in [5.41, 5.74) is 2.24. The van der Waals surface area contributed by atoms with Crippen molar-refractivity contribution in [1.29, 1.82) is 0 Å². The molecule has 154 valence electrons. The van der Waals surface area contributed by atoms with Crippen LogP contribution in [0.5, 0.6) is 0 Å². The van der Waals surface area contributed by atoms with Gasteiger partial charge >= 0.3 is 0 Å². The molecule has 2 aromatic carbocycles. The minimum absolute atomic E-state index is 0.00557. The number of hydrogen-bond acceptors (Lipinski definition) is 3. The molecule has 1 heterocycles. The Hall–Kier alpha value is -2.21. The largest absolute Gasteiger partial charge is 0.323 e. The second-order valence-corrected chi connectivity index (χ2v) is 9.22. The van der Waals surface area contributed by atoms with Gasteiger partial charge in [-0.05, 0) is 67.6 Å². The van der Waals surface area contributed by atoms with E-state index in [1.807, 2.05) is 12.1 Å². The highest BCUT2D eigenvalue weighted by Crippen LogP contribution is 2.32. The molecule has 0 bridgehead atoms. The van der Waals surface area contributed by atoms with Gasteiger partial charge in [0.2, 0.25) is 5.91 Å². The highest BCUT2D eigenvalue weighted by atomic mass is 32.2. The van der Waals surface area contributed by atoms with Gasteiger partial charge in [-0.3, -0.25) is 4.79 Å². The van der Waals surface area contributed by atoms with Gasteiger partial charge in [-0.2, -0.15) is 0 Å². The average Bonchev–Trinajstić information content (AvgIpc) is 2.77. The second-order valence-electron chi connectivity index (χ2n) is 7.13. The highest BCUT2D eigenvalue weighted by Gasteiger charge is 2.19. The zero-order valence-electron chi connectivity index (χ0n) is 17.2. The summed E-state index contributed by atoms with van der Waals surface area (Å²) >= 11 is 0. The molecule has 1 amide bonds. The Morgan fingerprint density at radius 2 is 1.76 bits per heavy atom. The molecule has 2 aromatic rings. The molecule has 1 aliphatic heterocycles. The van der Waals surface area contributed by atoms with Gasteiger partial charge in [-0.25, -0.2) is 4.31 Å². The molecule has 1 fully saturated rings. The minimum atomic E-state index is -0.179. The van der Waals surface area contributed by atoms with E-state index >= 15 is 0 Å². The molecule has 0 spiro atoms. The molecule has 1 saturated heterocycles. The van der Waals surface area contributed by atoms with E-state index in [0.717, 1.165) is 38.3 Å². The summed E-state index contributed by atoms with van der Waals surface area (Å²) in [5.74, 6) is -0.179. The lowest BCUT2D eigenvalue weighted by atomic mass is 10.1. The molecule has 1 atom stereocenters. The number of piperazine rings is 1. The number of hydrogen-bond donors (Lipinski definition) is 1. The Morgan fingerprint density at radius 1 is 1.07 bits per heavy atom. The van der Waals surface area contributed by atoms with Crippen molar-refractivity contribution in [3.8, 4) is 0 Å². The van der Waals surface area contributed by atoms with Crippen LogP contribution in [0.4, 0.5) is 5.69 Å². The molecule has 0 saturated carbocycles. The Morgan fingerprint density at radius 3 is 2.38 bits per heavy atom. The number of aryl methyl sites for hydroxylation is 1. The topological polar surface area (TPSA) is 35.6 Å². The summed E-state index contributed by atoms with van der Waals surface area (Å²) in [4.78, 5) is 15.3. The van der Waals surface area contributed by atoms with Gasteiger partial charge in [-0.1, -0.05) is 47.6 Å². The van der Waals surface area contributed by atoms with Crippen molar-refractivity contribution >= 4 is 27.6 Å². The summed E-state index contributed by atoms with van der Waals surface area (Å²) in [5, 5.41) is 5.10. The Balaban J connectivity index is 1.48. The molecule has 1 aliphatic rings. The van der Waals surface area contributed by atoms with Gasteiger partial charge in [0.05, 0.1) is 0 Å². The Bertz CT molecular complexity index is 825. The van der Waals surface area contributed by atoms with E-state index in [2.05, 4.69) is 75.9 Å². The summed E-state index contributed by atoms with van der Waals surface area (Å²) in [6, 6.07) is 18.9. The van der Waals surface area contributed by atoms with Gasteiger partial charge in [0.15, 0.2) is 0 Å². The van der Waals surface area contributed by atoms with Gasteiger partial charge in [-0.15, -0.1) is 0 Å². The van der Waals surface area contributed by atoms with Crippen LogP contribution in [0.2, 0.25) is 0 Å². The van der Waals surface area contributed by atoms with E-state index in [1.54, 1.807) is 0 Å². The molecular formula is C24H31N3OS. The third-order valence-corrected chi connectivity index (χ3v) is 7.29. The van der Waals surface area contributed by atoms with Crippen molar-refractivity contribution in [2.75, 3.05) is 38.0 Å². The van der Waals surface area contributed by atoms with Crippen molar-refractivity contribution in [3.05, 3.63) is 72.8 Å². The van der Waals surface area contributed by atoms with E-state index in [9.17, 15) is 4.79 Å². The molecule has 4 nitrogen and oxygen atoms in total. The number of carbonyl (C=O) groups is 1. The van der Waals surface area contributed by atoms with Crippen molar-refractivity contribution in [2.24, 2.45) is 0 Å². The molecule has 29 heavy (non-hydrogen) atoms. The number of rotatable bonds is 8. The Labute approximate surface area is 177 Å². The summed E-state index contributed by atoms with van der Waals surface area (Å²) < 4.78 is 2.57. The lowest BCUT2D eigenvalue weighted by Gasteiger charge is -2.36. The predicted molar refractivity (Wildman–Crippen MR) is 126 cm³/mol. The summed E-state index contributed by atoms with van der Waals surface area (Å²) in [6.45, 7) is 11.2. The van der Waals surface area contributed by atoms with Crippen LogP contribution < -0.4 is 5.32 Å². The van der Waals surface area contributed by atoms with Crippen LogP contribution in [0.3, 0.4) is 0 Å². The summed E-state index contributed by atoms with van der Waals surface area (Å²) in [6.07, 6.45) is 3.66. The van der Waals surface area contributed by atoms with E-state index in [4.69, 9.17) is 0 Å².